The summed E-state index contributed by atoms with van der Waals surface area (Å²) >= 11 is 0. The fraction of sp³-hybridized carbons (Fsp3) is 0.469. The van der Waals surface area contributed by atoms with Crippen LogP contribution in [-0.4, -0.2) is 83.2 Å². The number of amides is 3. The van der Waals surface area contributed by atoms with Crippen molar-refractivity contribution in [1.29, 1.82) is 0 Å². The first kappa shape index (κ1) is 28.1. The second kappa shape index (κ2) is 10.8. The minimum atomic E-state index is -1.15. The molecule has 3 aliphatic heterocycles. The summed E-state index contributed by atoms with van der Waals surface area (Å²) in [5.74, 6) is -2.38. The number of anilines is 1. The molecule has 2 bridgehead atoms. The third kappa shape index (κ3) is 4.25. The normalized spacial score (nSPS) is 27.6. The van der Waals surface area contributed by atoms with Crippen LogP contribution in [0.25, 0.3) is 10.8 Å². The second-order valence-corrected chi connectivity index (χ2v) is 11.6. The van der Waals surface area contributed by atoms with Crippen molar-refractivity contribution >= 4 is 34.2 Å². The fourth-order valence-electron chi connectivity index (χ4n) is 7.11. The number of carbonyl (C=O) groups is 3. The number of benzene rings is 2. The molecule has 0 saturated carbocycles. The Hall–Kier alpha value is -3.49. The first-order valence-corrected chi connectivity index (χ1v) is 14.1. The van der Waals surface area contributed by atoms with E-state index in [9.17, 15) is 19.5 Å². The molecule has 40 heavy (non-hydrogen) atoms. The molecule has 3 amide bonds. The van der Waals surface area contributed by atoms with Crippen molar-refractivity contribution in [2.24, 2.45) is 17.8 Å². The van der Waals surface area contributed by atoms with Crippen molar-refractivity contribution < 1.29 is 24.2 Å². The lowest BCUT2D eigenvalue weighted by molar-refractivity contribution is -0.147. The number of aliphatic hydroxyl groups excluding tert-OH is 1. The molecule has 6 atom stereocenters. The lowest BCUT2D eigenvalue weighted by Gasteiger charge is -2.40. The standard InChI is InChI=1S/C32H39N3O5/c1-6-16-33(5)29(37)26-25-14-15-32(40-25)27(26)30(38)35(24(19-36)20(3)4)28(32)31(39)34(17-7-2)23-13-12-21-10-8-9-11-22(21)18-23/h6-13,18,20,24-28,36H,1-2,14-17,19H2,3-5H3/t24-,25-,26+,27-,28?,32?/m0/s1. The Balaban J connectivity index is 1.61. The number of likely N-dealkylation sites (N-methyl/N-ethyl adjacent to an activating group) is 1. The Morgan fingerprint density at radius 2 is 1.82 bits per heavy atom. The molecule has 3 fully saturated rings. The lowest BCUT2D eigenvalue weighted by Crippen LogP contribution is -2.59. The Kier molecular flexibility index (Phi) is 7.59. The van der Waals surface area contributed by atoms with Gasteiger partial charge in [-0.05, 0) is 41.7 Å². The Morgan fingerprint density at radius 1 is 1.12 bits per heavy atom. The fourth-order valence-corrected chi connectivity index (χ4v) is 7.11. The minimum Gasteiger partial charge on any atom is -0.394 e. The molecule has 8 nitrogen and oxygen atoms in total. The van der Waals surface area contributed by atoms with E-state index in [1.807, 2.05) is 56.3 Å². The van der Waals surface area contributed by atoms with Gasteiger partial charge in [0.2, 0.25) is 11.8 Å². The van der Waals surface area contributed by atoms with Crippen molar-refractivity contribution in [3.8, 4) is 0 Å². The molecule has 3 heterocycles. The largest absolute Gasteiger partial charge is 0.394 e. The van der Waals surface area contributed by atoms with Gasteiger partial charge in [0.1, 0.15) is 11.6 Å². The maximum atomic E-state index is 14.7. The van der Waals surface area contributed by atoms with Crippen LogP contribution >= 0.6 is 0 Å². The van der Waals surface area contributed by atoms with Crippen LogP contribution in [0.1, 0.15) is 26.7 Å². The van der Waals surface area contributed by atoms with Gasteiger partial charge in [0.05, 0.1) is 30.6 Å². The van der Waals surface area contributed by atoms with E-state index < -0.39 is 35.6 Å². The smallest absolute Gasteiger partial charge is 0.253 e. The Morgan fingerprint density at radius 3 is 2.48 bits per heavy atom. The van der Waals surface area contributed by atoms with E-state index >= 15 is 0 Å². The topological polar surface area (TPSA) is 90.4 Å². The molecule has 1 N–H and O–H groups in total. The highest BCUT2D eigenvalue weighted by Crippen LogP contribution is 2.59. The highest BCUT2D eigenvalue weighted by Gasteiger charge is 2.75. The van der Waals surface area contributed by atoms with Crippen LogP contribution in [0, 0.1) is 17.8 Å². The molecule has 2 aromatic carbocycles. The van der Waals surface area contributed by atoms with Crippen LogP contribution in [0.5, 0.6) is 0 Å². The molecule has 0 aromatic heterocycles. The zero-order valence-electron chi connectivity index (χ0n) is 23.5. The van der Waals surface area contributed by atoms with Gasteiger partial charge >= 0.3 is 0 Å². The molecule has 0 aliphatic carbocycles. The van der Waals surface area contributed by atoms with E-state index in [1.54, 1.807) is 33.9 Å². The van der Waals surface area contributed by atoms with Gasteiger partial charge in [-0.2, -0.15) is 0 Å². The van der Waals surface area contributed by atoms with E-state index in [1.165, 1.54) is 0 Å². The van der Waals surface area contributed by atoms with Gasteiger partial charge < -0.3 is 24.5 Å². The molecule has 1 spiro atoms. The van der Waals surface area contributed by atoms with Crippen LogP contribution in [0.15, 0.2) is 67.8 Å². The Bertz CT molecular complexity index is 1340. The number of aliphatic hydroxyl groups is 1. The molecular formula is C32H39N3O5. The van der Waals surface area contributed by atoms with E-state index in [4.69, 9.17) is 4.74 Å². The predicted molar refractivity (Wildman–Crippen MR) is 154 cm³/mol. The highest BCUT2D eigenvalue weighted by atomic mass is 16.5. The van der Waals surface area contributed by atoms with Crippen molar-refractivity contribution in [2.45, 2.75) is 50.5 Å². The van der Waals surface area contributed by atoms with E-state index in [0.29, 0.717) is 25.1 Å². The van der Waals surface area contributed by atoms with Gasteiger partial charge in [-0.3, -0.25) is 14.4 Å². The summed E-state index contributed by atoms with van der Waals surface area (Å²) < 4.78 is 6.60. The predicted octanol–water partition coefficient (Wildman–Crippen LogP) is 3.39. The lowest BCUT2D eigenvalue weighted by atomic mass is 9.70. The van der Waals surface area contributed by atoms with Gasteiger partial charge in [0.15, 0.2) is 0 Å². The Labute approximate surface area is 235 Å². The number of rotatable bonds is 10. The summed E-state index contributed by atoms with van der Waals surface area (Å²) in [4.78, 5) is 47.4. The summed E-state index contributed by atoms with van der Waals surface area (Å²) in [6.45, 7) is 11.8. The zero-order chi connectivity index (χ0) is 28.8. The van der Waals surface area contributed by atoms with E-state index in [-0.39, 0.29) is 36.8 Å². The van der Waals surface area contributed by atoms with Crippen molar-refractivity contribution in [3.05, 3.63) is 67.8 Å². The number of carbonyl (C=O) groups excluding carboxylic acids is 3. The summed E-state index contributed by atoms with van der Waals surface area (Å²) in [5.41, 5.74) is -0.459. The molecule has 2 aromatic rings. The van der Waals surface area contributed by atoms with Crippen LogP contribution < -0.4 is 4.90 Å². The SMILES string of the molecule is C=CCN(C)C(=O)[C@@H]1[C@@H]2CCC3(O2)C(C(=O)N(CC=C)c2ccc4ccccc4c2)N([C@@H](CO)C(C)C)C(=O)[C@H]13. The molecule has 212 valence electrons. The van der Waals surface area contributed by atoms with Crippen LogP contribution in [0.3, 0.4) is 0 Å². The summed E-state index contributed by atoms with van der Waals surface area (Å²) in [5, 5.41) is 12.5. The van der Waals surface area contributed by atoms with Gasteiger partial charge in [-0.1, -0.05) is 56.3 Å². The summed E-state index contributed by atoms with van der Waals surface area (Å²) in [6, 6.07) is 12.2. The van der Waals surface area contributed by atoms with Gasteiger partial charge in [-0.15, -0.1) is 13.2 Å². The number of ether oxygens (including phenoxy) is 1. The molecule has 8 heteroatoms. The molecule has 5 rings (SSSR count). The maximum absolute atomic E-state index is 14.7. The van der Waals surface area contributed by atoms with Gasteiger partial charge in [0.25, 0.3) is 5.91 Å². The van der Waals surface area contributed by atoms with Gasteiger partial charge in [-0.25, -0.2) is 0 Å². The van der Waals surface area contributed by atoms with Gasteiger partial charge in [0, 0.05) is 25.8 Å². The second-order valence-electron chi connectivity index (χ2n) is 11.6. The van der Waals surface area contributed by atoms with Crippen molar-refractivity contribution in [2.75, 3.05) is 31.6 Å². The van der Waals surface area contributed by atoms with Crippen molar-refractivity contribution in [1.82, 2.24) is 9.80 Å². The minimum absolute atomic E-state index is 0.122. The van der Waals surface area contributed by atoms with Crippen molar-refractivity contribution in [3.63, 3.8) is 0 Å². The average molecular weight is 546 g/mol. The molecule has 3 aliphatic rings. The number of nitrogens with zero attached hydrogens (tertiary/aromatic N) is 3. The van der Waals surface area contributed by atoms with E-state index in [2.05, 4.69) is 13.2 Å². The highest BCUT2D eigenvalue weighted by molar-refractivity contribution is 6.06. The summed E-state index contributed by atoms with van der Waals surface area (Å²) in [6.07, 6.45) is 3.95. The number of likely N-dealkylation sites (tertiary alicyclic amines) is 1. The molecule has 0 radical (unpaired) electrons. The number of hydrogen-bond acceptors (Lipinski definition) is 5. The maximum Gasteiger partial charge on any atom is 0.253 e. The molecule has 3 saturated heterocycles. The third-order valence-corrected chi connectivity index (χ3v) is 8.97. The zero-order valence-corrected chi connectivity index (χ0v) is 23.5. The quantitative estimate of drug-likeness (QED) is 0.463. The number of hydrogen-bond donors (Lipinski definition) is 1. The van der Waals surface area contributed by atoms with Crippen LogP contribution in [-0.2, 0) is 19.1 Å². The first-order chi connectivity index (χ1) is 19.2. The molecular weight excluding hydrogens is 506 g/mol. The third-order valence-electron chi connectivity index (χ3n) is 8.97. The summed E-state index contributed by atoms with van der Waals surface area (Å²) in [7, 11) is 1.69. The molecule has 2 unspecified atom stereocenters. The number of fused-ring (bicyclic) bond motifs is 2. The monoisotopic (exact) mass is 545 g/mol. The van der Waals surface area contributed by atoms with Crippen LogP contribution in [0.2, 0.25) is 0 Å². The van der Waals surface area contributed by atoms with E-state index in [0.717, 1.165) is 10.8 Å². The average Bonchev–Trinajstić information content (AvgIpc) is 3.59. The van der Waals surface area contributed by atoms with Crippen LogP contribution in [0.4, 0.5) is 5.69 Å². The first-order valence-electron chi connectivity index (χ1n) is 14.1.